The van der Waals surface area contributed by atoms with Crippen LogP contribution in [0.3, 0.4) is 0 Å². The van der Waals surface area contributed by atoms with Gasteiger partial charge >= 0.3 is 0 Å². The average Bonchev–Trinajstić information content (AvgIpc) is 3.24. The summed E-state index contributed by atoms with van der Waals surface area (Å²) >= 11 is 0. The molecule has 0 N–H and O–H groups in total. The van der Waals surface area contributed by atoms with E-state index < -0.39 is 0 Å². The van der Waals surface area contributed by atoms with E-state index >= 15 is 0 Å². The van der Waals surface area contributed by atoms with Crippen LogP contribution in [0.5, 0.6) is 0 Å². The van der Waals surface area contributed by atoms with Gasteiger partial charge in [0.1, 0.15) is 0 Å². The van der Waals surface area contributed by atoms with Crippen molar-refractivity contribution < 1.29 is 0 Å². The fourth-order valence-corrected chi connectivity index (χ4v) is 7.01. The van der Waals surface area contributed by atoms with E-state index in [9.17, 15) is 0 Å². The van der Waals surface area contributed by atoms with Crippen LogP contribution < -0.4 is 9.80 Å². The molecule has 3 aliphatic rings. The predicted molar refractivity (Wildman–Crippen MR) is 183 cm³/mol. The highest BCUT2D eigenvalue weighted by molar-refractivity contribution is 5.86. The summed E-state index contributed by atoms with van der Waals surface area (Å²) in [6, 6.07) is 35.8. The highest BCUT2D eigenvalue weighted by Gasteiger charge is 2.37. The van der Waals surface area contributed by atoms with Crippen LogP contribution in [0.4, 0.5) is 22.7 Å². The van der Waals surface area contributed by atoms with E-state index in [0.717, 1.165) is 25.7 Å². The van der Waals surface area contributed by atoms with Gasteiger partial charge in [-0.3, -0.25) is 0 Å². The van der Waals surface area contributed by atoms with Gasteiger partial charge < -0.3 is 9.80 Å². The average molecular weight is 561 g/mol. The number of benzene rings is 4. The number of para-hydroxylation sites is 2. The van der Waals surface area contributed by atoms with Crippen molar-refractivity contribution in [3.63, 3.8) is 0 Å². The molecule has 7 rings (SSSR count). The van der Waals surface area contributed by atoms with Crippen molar-refractivity contribution in [2.24, 2.45) is 0 Å². The van der Waals surface area contributed by atoms with Gasteiger partial charge in [-0.1, -0.05) is 85.7 Å². The third-order valence-electron chi connectivity index (χ3n) is 9.28. The van der Waals surface area contributed by atoms with Crippen molar-refractivity contribution in [1.82, 2.24) is 0 Å². The van der Waals surface area contributed by atoms with Crippen LogP contribution in [0.15, 0.2) is 144 Å². The summed E-state index contributed by atoms with van der Waals surface area (Å²) < 4.78 is 0. The Morgan fingerprint density at radius 3 is 1.33 bits per heavy atom. The zero-order valence-electron chi connectivity index (χ0n) is 25.8. The summed E-state index contributed by atoms with van der Waals surface area (Å²) in [7, 11) is 0. The lowest BCUT2D eigenvalue weighted by atomic mass is 9.82. The smallest absolute Gasteiger partial charge is 0.0464 e. The molecule has 0 amide bonds. The minimum atomic E-state index is -0.138. The zero-order valence-corrected chi connectivity index (χ0v) is 25.8. The molecule has 0 unspecified atom stereocenters. The molecule has 2 heteroatoms. The largest absolute Gasteiger partial charge is 0.311 e. The zero-order chi connectivity index (χ0) is 29.6. The van der Waals surface area contributed by atoms with E-state index in [-0.39, 0.29) is 5.41 Å². The van der Waals surface area contributed by atoms with Crippen molar-refractivity contribution in [2.75, 3.05) is 9.80 Å². The fourth-order valence-electron chi connectivity index (χ4n) is 7.01. The molecule has 4 aromatic carbocycles. The van der Waals surface area contributed by atoms with E-state index in [4.69, 9.17) is 0 Å². The molecular weight excluding hydrogens is 520 g/mol. The summed E-state index contributed by atoms with van der Waals surface area (Å²) in [4.78, 5) is 4.85. The normalized spacial score (nSPS) is 16.7. The molecule has 4 aromatic rings. The molecule has 0 saturated carbocycles. The molecule has 2 nitrogen and oxygen atoms in total. The summed E-state index contributed by atoms with van der Waals surface area (Å²) in [5, 5.41) is 0. The van der Waals surface area contributed by atoms with Crippen LogP contribution in [0.1, 0.15) is 64.5 Å². The lowest BCUT2D eigenvalue weighted by molar-refractivity contribution is 0.660. The summed E-state index contributed by atoms with van der Waals surface area (Å²) in [6.07, 6.45) is 13.9. The first-order valence-electron chi connectivity index (χ1n) is 15.6. The van der Waals surface area contributed by atoms with E-state index in [1.54, 1.807) is 0 Å². The lowest BCUT2D eigenvalue weighted by Crippen LogP contribution is -2.20. The Bertz CT molecular complexity index is 1670. The Morgan fingerprint density at radius 2 is 0.930 bits per heavy atom. The first-order valence-corrected chi connectivity index (χ1v) is 15.6. The van der Waals surface area contributed by atoms with Gasteiger partial charge in [0, 0.05) is 39.6 Å². The molecule has 0 bridgehead atoms. The molecule has 0 aliphatic heterocycles. The summed E-state index contributed by atoms with van der Waals surface area (Å²) in [5.74, 6) is 0. The Balaban J connectivity index is 1.32. The van der Waals surface area contributed by atoms with Crippen LogP contribution in [0.25, 0.3) is 11.1 Å². The molecule has 43 heavy (non-hydrogen) atoms. The second kappa shape index (κ2) is 10.9. The molecule has 0 saturated heterocycles. The first kappa shape index (κ1) is 27.3. The van der Waals surface area contributed by atoms with E-state index in [1.807, 2.05) is 0 Å². The minimum absolute atomic E-state index is 0.138. The van der Waals surface area contributed by atoms with Gasteiger partial charge in [-0.25, -0.2) is 0 Å². The fraction of sp³-hybridized carbons (Fsp3) is 0.220. The third kappa shape index (κ3) is 4.95. The molecule has 0 spiro atoms. The number of hydrogen-bond acceptors (Lipinski definition) is 2. The maximum absolute atomic E-state index is 2.44. The van der Waals surface area contributed by atoms with Crippen molar-refractivity contribution in [3.05, 3.63) is 155 Å². The van der Waals surface area contributed by atoms with E-state index in [0.29, 0.717) is 0 Å². The molecule has 0 fully saturated rings. The number of nitrogens with zero attached hydrogens (tertiary/aromatic N) is 2. The highest BCUT2D eigenvalue weighted by Crippen LogP contribution is 2.52. The number of fused-ring (bicyclic) bond motifs is 3. The predicted octanol–water partition coefficient (Wildman–Crippen LogP) is 11.5. The van der Waals surface area contributed by atoms with Crippen molar-refractivity contribution in [1.29, 1.82) is 0 Å². The van der Waals surface area contributed by atoms with Gasteiger partial charge in [0.05, 0.1) is 0 Å². The van der Waals surface area contributed by atoms with E-state index in [2.05, 4.69) is 159 Å². The molecule has 214 valence electrons. The standard InChI is InChI=1S/C41H40N2/c1-29-13-11-19-33(25-29)42(31-15-7-5-8-16-31)35-21-23-37-38-24-22-36(28-40(38)41(3,4)39(37)27-35)43(32-17-9-6-10-18-32)34-20-12-14-30(2)26-34/h5-10,15-28H,11-14H2,1-4H3. The Morgan fingerprint density at radius 1 is 0.512 bits per heavy atom. The van der Waals surface area contributed by atoms with Crippen LogP contribution in [-0.4, -0.2) is 0 Å². The first-order chi connectivity index (χ1) is 20.9. The summed E-state index contributed by atoms with van der Waals surface area (Å²) in [5.41, 5.74) is 15.5. The molecule has 0 radical (unpaired) electrons. The molecule has 3 aliphatic carbocycles. The van der Waals surface area contributed by atoms with Gasteiger partial charge in [0.15, 0.2) is 0 Å². The van der Waals surface area contributed by atoms with E-state index in [1.165, 1.54) is 67.5 Å². The van der Waals surface area contributed by atoms with Crippen LogP contribution >= 0.6 is 0 Å². The molecular formula is C41H40N2. The topological polar surface area (TPSA) is 6.48 Å². The second-order valence-electron chi connectivity index (χ2n) is 12.7. The molecule has 0 aromatic heterocycles. The van der Waals surface area contributed by atoms with Gasteiger partial charge in [-0.05, 0) is 122 Å². The van der Waals surface area contributed by atoms with Crippen molar-refractivity contribution in [3.8, 4) is 11.1 Å². The van der Waals surface area contributed by atoms with Crippen molar-refractivity contribution in [2.45, 2.75) is 58.8 Å². The monoisotopic (exact) mass is 560 g/mol. The molecule has 0 atom stereocenters. The van der Waals surface area contributed by atoms with Gasteiger partial charge in [0.2, 0.25) is 0 Å². The number of allylic oxidation sites excluding steroid dienone is 6. The van der Waals surface area contributed by atoms with Crippen LogP contribution in [0.2, 0.25) is 0 Å². The Hall–Kier alpha value is -4.56. The highest BCUT2D eigenvalue weighted by atomic mass is 15.2. The second-order valence-corrected chi connectivity index (χ2v) is 12.7. The number of hydrogen-bond donors (Lipinski definition) is 0. The van der Waals surface area contributed by atoms with Gasteiger partial charge in [-0.15, -0.1) is 0 Å². The minimum Gasteiger partial charge on any atom is -0.311 e. The van der Waals surface area contributed by atoms with Crippen LogP contribution in [0, 0.1) is 0 Å². The summed E-state index contributed by atoms with van der Waals surface area (Å²) in [6.45, 7) is 9.27. The maximum Gasteiger partial charge on any atom is 0.0464 e. The lowest BCUT2D eigenvalue weighted by Gasteiger charge is -2.31. The Kier molecular flexibility index (Phi) is 6.94. The third-order valence-corrected chi connectivity index (χ3v) is 9.28. The van der Waals surface area contributed by atoms with Gasteiger partial charge in [-0.2, -0.15) is 0 Å². The SMILES string of the molecule is CC1=CC(N(c2ccccc2)c2ccc3c(c2)C(C)(C)c2cc(N(C4=CCCC(C)=C4)c4ccccc4)ccc2-3)=CCC1. The van der Waals surface area contributed by atoms with Crippen molar-refractivity contribution >= 4 is 22.7 Å². The van der Waals surface area contributed by atoms with Gasteiger partial charge in [0.25, 0.3) is 0 Å². The Labute approximate surface area is 257 Å². The number of anilines is 4. The number of rotatable bonds is 6. The maximum atomic E-state index is 2.44. The molecule has 0 heterocycles. The quantitative estimate of drug-likeness (QED) is 0.231. The van der Waals surface area contributed by atoms with Crippen LogP contribution in [-0.2, 0) is 5.41 Å².